The van der Waals surface area contributed by atoms with E-state index in [-0.39, 0.29) is 12.0 Å². The van der Waals surface area contributed by atoms with E-state index in [1.807, 2.05) is 0 Å². The molecule has 2 aliphatic rings. The number of aromatic nitrogens is 2. The maximum Gasteiger partial charge on any atom is 0.161 e. The molecule has 0 saturated heterocycles. The van der Waals surface area contributed by atoms with Crippen LogP contribution in [0.4, 0.5) is 0 Å². The highest BCUT2D eigenvalue weighted by Crippen LogP contribution is 2.44. The minimum atomic E-state index is 0.0429. The number of rotatable bonds is 6. The number of benzene rings is 8. The molecule has 1 aliphatic heterocycles. The normalized spacial score (nSPS) is 15.7. The fourth-order valence-corrected chi connectivity index (χ4v) is 8.79. The molecule has 0 amide bonds. The lowest BCUT2D eigenvalue weighted by molar-refractivity contribution is 0.724. The molecule has 0 saturated carbocycles. The van der Waals surface area contributed by atoms with Crippen LogP contribution in [0.15, 0.2) is 211 Å². The van der Waals surface area contributed by atoms with E-state index in [9.17, 15) is 0 Å². The van der Waals surface area contributed by atoms with E-state index in [1.54, 1.807) is 0 Å². The van der Waals surface area contributed by atoms with E-state index in [0.717, 1.165) is 50.3 Å². The van der Waals surface area contributed by atoms with Gasteiger partial charge in [-0.05, 0) is 72.6 Å². The first-order chi connectivity index (χ1) is 28.7. The molecule has 1 aromatic heterocycles. The summed E-state index contributed by atoms with van der Waals surface area (Å²) < 4.78 is 0. The first kappa shape index (κ1) is 33.8. The van der Waals surface area contributed by atoms with Gasteiger partial charge in [0.1, 0.15) is 0 Å². The Morgan fingerprint density at radius 1 is 0.414 bits per heavy atom. The van der Waals surface area contributed by atoms with E-state index >= 15 is 0 Å². The number of hydrogen-bond donors (Lipinski definition) is 0. The molecule has 272 valence electrons. The van der Waals surface area contributed by atoms with E-state index in [0.29, 0.717) is 5.82 Å². The molecule has 1 aliphatic carbocycles. The third kappa shape index (κ3) is 6.05. The van der Waals surface area contributed by atoms with Gasteiger partial charge in [-0.1, -0.05) is 200 Å². The lowest BCUT2D eigenvalue weighted by Gasteiger charge is -2.33. The van der Waals surface area contributed by atoms with Gasteiger partial charge in [0.25, 0.3) is 0 Å². The Morgan fingerprint density at radius 2 is 0.983 bits per heavy atom. The lowest BCUT2D eigenvalue weighted by atomic mass is 9.74. The molecule has 0 spiro atoms. The summed E-state index contributed by atoms with van der Waals surface area (Å²) in [5.74, 6) is 0.872. The smallest absolute Gasteiger partial charge is 0.161 e. The Hall–Kier alpha value is -7.49. The van der Waals surface area contributed by atoms with Crippen molar-refractivity contribution in [1.82, 2.24) is 9.97 Å². The van der Waals surface area contributed by atoms with Gasteiger partial charge in [0.15, 0.2) is 5.82 Å². The number of nitrogens with zero attached hydrogens (tertiary/aromatic N) is 3. The Balaban J connectivity index is 0.962. The number of allylic oxidation sites excluding steroid dienone is 1. The van der Waals surface area contributed by atoms with Gasteiger partial charge >= 0.3 is 0 Å². The average molecular weight is 740 g/mol. The fourth-order valence-electron chi connectivity index (χ4n) is 8.79. The zero-order chi connectivity index (χ0) is 38.4. The molecule has 11 rings (SSSR count). The zero-order valence-electron chi connectivity index (χ0n) is 31.7. The lowest BCUT2D eigenvalue weighted by Crippen LogP contribution is -2.25. The molecule has 2 atom stereocenters. The zero-order valence-corrected chi connectivity index (χ0v) is 31.7. The topological polar surface area (TPSA) is 38.1 Å². The van der Waals surface area contributed by atoms with Crippen molar-refractivity contribution in [2.75, 3.05) is 0 Å². The molecular weight excluding hydrogens is 703 g/mol. The largest absolute Gasteiger partial charge is 0.276 e. The maximum atomic E-state index is 5.26. The summed E-state index contributed by atoms with van der Waals surface area (Å²) in [6.45, 7) is 0. The quantitative estimate of drug-likeness (QED) is 0.170. The molecule has 2 unspecified atom stereocenters. The standard InChI is InChI=1S/C55H37N3/c1-2-15-42(16-3-1)51-34-49(54-46-21-9-6-14-40(46)32-33-50(54)56-51)41-28-24-36(25-29-41)37-26-30-43(31-27-37)52-35-53(47-22-10-17-38-12-4-7-19-44(38)47)58-55(57-52)48-23-11-18-39-13-5-8-20-45(39)48/h1-35,50,54H. The Kier molecular flexibility index (Phi) is 8.29. The third-order valence-electron chi connectivity index (χ3n) is 11.7. The SMILES string of the molecule is C1=CC2N=C(c3ccccc3)C=C(c3ccc(-c4ccc(-c5cc(-c6cccc7ccccc67)nc(-c6cccc7ccccc67)n5)cc4)cc3)C2c2ccccc21. The second-order valence-electron chi connectivity index (χ2n) is 15.1. The van der Waals surface area contributed by atoms with Crippen molar-refractivity contribution in [1.29, 1.82) is 0 Å². The summed E-state index contributed by atoms with van der Waals surface area (Å²) in [4.78, 5) is 15.7. The van der Waals surface area contributed by atoms with Crippen molar-refractivity contribution in [2.24, 2.45) is 4.99 Å². The van der Waals surface area contributed by atoms with Crippen LogP contribution in [0.1, 0.15) is 28.2 Å². The van der Waals surface area contributed by atoms with Crippen LogP contribution >= 0.6 is 0 Å². The van der Waals surface area contributed by atoms with Gasteiger partial charge in [0.05, 0.1) is 23.1 Å². The Labute approximate surface area is 338 Å². The Morgan fingerprint density at radius 3 is 1.72 bits per heavy atom. The Bertz CT molecular complexity index is 2990. The van der Waals surface area contributed by atoms with Crippen molar-refractivity contribution < 1.29 is 0 Å². The molecule has 2 heterocycles. The van der Waals surface area contributed by atoms with Crippen LogP contribution in [0.3, 0.4) is 0 Å². The first-order valence-electron chi connectivity index (χ1n) is 19.9. The van der Waals surface area contributed by atoms with Gasteiger partial charge in [-0.3, -0.25) is 4.99 Å². The molecule has 9 aromatic rings. The molecule has 3 nitrogen and oxygen atoms in total. The van der Waals surface area contributed by atoms with Crippen molar-refractivity contribution >= 4 is 38.9 Å². The molecular formula is C55H37N3. The van der Waals surface area contributed by atoms with Crippen LogP contribution in [-0.2, 0) is 0 Å². The van der Waals surface area contributed by atoms with Crippen LogP contribution in [0.2, 0.25) is 0 Å². The second-order valence-corrected chi connectivity index (χ2v) is 15.1. The van der Waals surface area contributed by atoms with E-state index < -0.39 is 0 Å². The summed E-state index contributed by atoms with van der Waals surface area (Å²) in [6.07, 6.45) is 6.80. The van der Waals surface area contributed by atoms with Crippen molar-refractivity contribution in [3.8, 4) is 45.0 Å². The number of hydrogen-bond acceptors (Lipinski definition) is 3. The van der Waals surface area contributed by atoms with Gasteiger partial charge < -0.3 is 0 Å². The van der Waals surface area contributed by atoms with Crippen LogP contribution in [0.25, 0.3) is 78.2 Å². The monoisotopic (exact) mass is 739 g/mol. The summed E-state index contributed by atoms with van der Waals surface area (Å²) in [6, 6.07) is 69.0. The predicted molar refractivity (Wildman–Crippen MR) is 242 cm³/mol. The minimum absolute atomic E-state index is 0.0429. The maximum absolute atomic E-state index is 5.26. The number of dihydropyridines is 1. The van der Waals surface area contributed by atoms with Crippen LogP contribution in [0.5, 0.6) is 0 Å². The van der Waals surface area contributed by atoms with E-state index in [4.69, 9.17) is 15.0 Å². The molecule has 58 heavy (non-hydrogen) atoms. The molecule has 0 bridgehead atoms. The molecule has 0 radical (unpaired) electrons. The van der Waals surface area contributed by atoms with Crippen LogP contribution < -0.4 is 0 Å². The van der Waals surface area contributed by atoms with Crippen molar-refractivity contribution in [3.63, 3.8) is 0 Å². The summed E-state index contributed by atoms with van der Waals surface area (Å²) in [7, 11) is 0. The van der Waals surface area contributed by atoms with Gasteiger partial charge in [-0.2, -0.15) is 0 Å². The van der Waals surface area contributed by atoms with Gasteiger partial charge in [0.2, 0.25) is 0 Å². The predicted octanol–water partition coefficient (Wildman–Crippen LogP) is 13.5. The molecule has 3 heteroatoms. The van der Waals surface area contributed by atoms with Gasteiger partial charge in [-0.15, -0.1) is 0 Å². The second kappa shape index (κ2) is 14.2. The summed E-state index contributed by atoms with van der Waals surface area (Å²) in [5, 5.41) is 4.66. The van der Waals surface area contributed by atoms with Crippen molar-refractivity contribution in [2.45, 2.75) is 12.0 Å². The molecule has 0 fully saturated rings. The van der Waals surface area contributed by atoms with E-state index in [1.165, 1.54) is 44.0 Å². The highest BCUT2D eigenvalue weighted by atomic mass is 14.9. The van der Waals surface area contributed by atoms with Crippen LogP contribution in [0, 0.1) is 0 Å². The average Bonchev–Trinajstić information content (AvgIpc) is 3.31. The van der Waals surface area contributed by atoms with Crippen LogP contribution in [-0.4, -0.2) is 21.7 Å². The minimum Gasteiger partial charge on any atom is -0.276 e. The van der Waals surface area contributed by atoms with Gasteiger partial charge in [-0.25, -0.2) is 9.97 Å². The summed E-state index contributed by atoms with van der Waals surface area (Å²) in [5.41, 5.74) is 14.5. The fraction of sp³-hybridized carbons (Fsp3) is 0.0364. The number of aliphatic imine (C=N–C) groups is 1. The highest BCUT2D eigenvalue weighted by Gasteiger charge is 2.33. The van der Waals surface area contributed by atoms with Gasteiger partial charge in [0, 0.05) is 22.6 Å². The highest BCUT2D eigenvalue weighted by molar-refractivity contribution is 6.14. The summed E-state index contributed by atoms with van der Waals surface area (Å²) >= 11 is 0. The first-order valence-corrected chi connectivity index (χ1v) is 19.9. The molecule has 0 N–H and O–H groups in total. The number of fused-ring (bicyclic) bond motifs is 5. The third-order valence-corrected chi connectivity index (χ3v) is 11.7. The van der Waals surface area contributed by atoms with Crippen molar-refractivity contribution in [3.05, 3.63) is 229 Å². The van der Waals surface area contributed by atoms with E-state index in [2.05, 4.69) is 212 Å². The molecule has 8 aromatic carbocycles.